The summed E-state index contributed by atoms with van der Waals surface area (Å²) >= 11 is 3.51. The molecule has 0 saturated heterocycles. The van der Waals surface area contributed by atoms with Gasteiger partial charge in [0.1, 0.15) is 0 Å². The number of rotatable bonds is 3. The second-order valence-electron chi connectivity index (χ2n) is 4.18. The average molecular weight is 254 g/mol. The lowest BCUT2D eigenvalue weighted by molar-refractivity contribution is 0.599. The Balaban J connectivity index is 2.30. The van der Waals surface area contributed by atoms with Crippen molar-refractivity contribution in [2.45, 2.75) is 25.2 Å². The molecule has 1 aromatic rings. The first-order valence-electron chi connectivity index (χ1n) is 5.19. The van der Waals surface area contributed by atoms with Crippen LogP contribution in [-0.4, -0.2) is 6.54 Å². The van der Waals surface area contributed by atoms with Crippen LogP contribution in [0.15, 0.2) is 28.7 Å². The second-order valence-corrected chi connectivity index (χ2v) is 5.10. The SMILES string of the molecule is CCC1CC1(CN)c1cccc(Br)c1. The average Bonchev–Trinajstić information content (AvgIpc) is 2.93. The molecule has 0 heterocycles. The zero-order chi connectivity index (χ0) is 10.2. The first-order chi connectivity index (χ1) is 6.73. The normalized spacial score (nSPS) is 30.4. The van der Waals surface area contributed by atoms with Gasteiger partial charge in [0.15, 0.2) is 0 Å². The molecule has 1 aromatic carbocycles. The number of hydrogen-bond acceptors (Lipinski definition) is 1. The summed E-state index contributed by atoms with van der Waals surface area (Å²) < 4.78 is 1.16. The molecule has 2 rings (SSSR count). The summed E-state index contributed by atoms with van der Waals surface area (Å²) in [5, 5.41) is 0. The molecule has 0 aromatic heterocycles. The minimum Gasteiger partial charge on any atom is -0.330 e. The number of hydrogen-bond donors (Lipinski definition) is 1. The van der Waals surface area contributed by atoms with Crippen LogP contribution in [-0.2, 0) is 5.41 Å². The summed E-state index contributed by atoms with van der Waals surface area (Å²) in [5.74, 6) is 0.793. The largest absolute Gasteiger partial charge is 0.330 e. The van der Waals surface area contributed by atoms with Crippen LogP contribution in [0.4, 0.5) is 0 Å². The molecule has 2 atom stereocenters. The number of halogens is 1. The molecule has 1 aliphatic carbocycles. The van der Waals surface area contributed by atoms with E-state index in [0.29, 0.717) is 5.41 Å². The topological polar surface area (TPSA) is 26.0 Å². The minimum atomic E-state index is 0.290. The molecule has 2 unspecified atom stereocenters. The van der Waals surface area contributed by atoms with Crippen molar-refractivity contribution in [2.24, 2.45) is 11.7 Å². The van der Waals surface area contributed by atoms with Crippen LogP contribution in [0.2, 0.25) is 0 Å². The third kappa shape index (κ3) is 1.51. The highest BCUT2D eigenvalue weighted by molar-refractivity contribution is 9.10. The molecule has 0 bridgehead atoms. The van der Waals surface area contributed by atoms with Gasteiger partial charge < -0.3 is 5.73 Å². The molecular weight excluding hydrogens is 238 g/mol. The van der Waals surface area contributed by atoms with Crippen LogP contribution >= 0.6 is 15.9 Å². The molecule has 1 saturated carbocycles. The van der Waals surface area contributed by atoms with E-state index in [9.17, 15) is 0 Å². The van der Waals surface area contributed by atoms with Gasteiger partial charge >= 0.3 is 0 Å². The molecule has 0 radical (unpaired) electrons. The first-order valence-corrected chi connectivity index (χ1v) is 5.98. The lowest BCUT2D eigenvalue weighted by Gasteiger charge is -2.15. The number of benzene rings is 1. The molecule has 76 valence electrons. The first kappa shape index (κ1) is 10.2. The molecular formula is C12H16BrN. The monoisotopic (exact) mass is 253 g/mol. The van der Waals surface area contributed by atoms with Gasteiger partial charge in [-0.15, -0.1) is 0 Å². The van der Waals surface area contributed by atoms with Crippen LogP contribution in [0, 0.1) is 5.92 Å². The zero-order valence-corrected chi connectivity index (χ0v) is 10.0. The summed E-state index contributed by atoms with van der Waals surface area (Å²) in [4.78, 5) is 0. The van der Waals surface area contributed by atoms with Crippen LogP contribution in [0.5, 0.6) is 0 Å². The molecule has 1 nitrogen and oxygen atoms in total. The molecule has 2 heteroatoms. The van der Waals surface area contributed by atoms with E-state index in [1.54, 1.807) is 0 Å². The third-order valence-corrected chi connectivity index (χ3v) is 3.98. The quantitative estimate of drug-likeness (QED) is 0.881. The molecule has 2 N–H and O–H groups in total. The highest BCUT2D eigenvalue weighted by Gasteiger charge is 2.52. The van der Waals surface area contributed by atoms with Gasteiger partial charge in [0.25, 0.3) is 0 Å². The molecule has 1 fully saturated rings. The van der Waals surface area contributed by atoms with Crippen molar-refractivity contribution in [3.63, 3.8) is 0 Å². The lowest BCUT2D eigenvalue weighted by Crippen LogP contribution is -2.22. The van der Waals surface area contributed by atoms with Crippen LogP contribution in [0.3, 0.4) is 0 Å². The van der Waals surface area contributed by atoms with Crippen molar-refractivity contribution in [3.05, 3.63) is 34.3 Å². The van der Waals surface area contributed by atoms with Gasteiger partial charge in [0, 0.05) is 16.4 Å². The fraction of sp³-hybridized carbons (Fsp3) is 0.500. The van der Waals surface area contributed by atoms with Gasteiger partial charge in [-0.1, -0.05) is 41.4 Å². The van der Waals surface area contributed by atoms with Crippen molar-refractivity contribution in [1.82, 2.24) is 0 Å². The van der Waals surface area contributed by atoms with Crippen molar-refractivity contribution >= 4 is 15.9 Å². The van der Waals surface area contributed by atoms with E-state index in [-0.39, 0.29) is 0 Å². The summed E-state index contributed by atoms with van der Waals surface area (Å²) in [5.41, 5.74) is 7.60. The predicted molar refractivity (Wildman–Crippen MR) is 63.3 cm³/mol. The van der Waals surface area contributed by atoms with Gasteiger partial charge in [-0.2, -0.15) is 0 Å². The Kier molecular flexibility index (Phi) is 2.67. The van der Waals surface area contributed by atoms with E-state index in [1.807, 2.05) is 0 Å². The van der Waals surface area contributed by atoms with E-state index in [2.05, 4.69) is 47.1 Å². The standard InChI is InChI=1S/C12H16BrN/c1-2-9-7-12(9,8-14)10-4-3-5-11(13)6-10/h3-6,9H,2,7-8,14H2,1H3. The van der Waals surface area contributed by atoms with Gasteiger partial charge in [0.05, 0.1) is 0 Å². The van der Waals surface area contributed by atoms with Crippen LogP contribution < -0.4 is 5.73 Å². The Morgan fingerprint density at radius 1 is 1.57 bits per heavy atom. The maximum atomic E-state index is 5.90. The van der Waals surface area contributed by atoms with Gasteiger partial charge in [-0.05, 0) is 30.0 Å². The maximum Gasteiger partial charge on any atom is 0.0178 e. The third-order valence-electron chi connectivity index (χ3n) is 3.49. The van der Waals surface area contributed by atoms with Gasteiger partial charge in [-0.3, -0.25) is 0 Å². The summed E-state index contributed by atoms with van der Waals surface area (Å²) in [6.45, 7) is 3.03. The Morgan fingerprint density at radius 3 is 2.86 bits per heavy atom. The van der Waals surface area contributed by atoms with Crippen LogP contribution in [0.25, 0.3) is 0 Å². The zero-order valence-electron chi connectivity index (χ0n) is 8.46. The van der Waals surface area contributed by atoms with E-state index >= 15 is 0 Å². The lowest BCUT2D eigenvalue weighted by atomic mass is 9.93. The fourth-order valence-electron chi connectivity index (χ4n) is 2.44. The van der Waals surface area contributed by atoms with E-state index < -0.39 is 0 Å². The molecule has 0 spiro atoms. The Morgan fingerprint density at radius 2 is 2.36 bits per heavy atom. The Labute approximate surface area is 93.8 Å². The van der Waals surface area contributed by atoms with Gasteiger partial charge in [0.2, 0.25) is 0 Å². The van der Waals surface area contributed by atoms with Gasteiger partial charge in [-0.25, -0.2) is 0 Å². The van der Waals surface area contributed by atoms with Crippen LogP contribution in [0.1, 0.15) is 25.3 Å². The van der Waals surface area contributed by atoms with E-state index in [1.165, 1.54) is 18.4 Å². The molecule has 1 aliphatic rings. The summed E-state index contributed by atoms with van der Waals surface area (Å²) in [6.07, 6.45) is 2.50. The smallest absolute Gasteiger partial charge is 0.0178 e. The van der Waals surface area contributed by atoms with E-state index in [4.69, 9.17) is 5.73 Å². The minimum absolute atomic E-state index is 0.290. The predicted octanol–water partition coefficient (Wildman–Crippen LogP) is 3.08. The highest BCUT2D eigenvalue weighted by Crippen LogP contribution is 2.55. The van der Waals surface area contributed by atoms with Crippen molar-refractivity contribution in [2.75, 3.05) is 6.54 Å². The second kappa shape index (κ2) is 3.67. The van der Waals surface area contributed by atoms with Crippen molar-refractivity contribution < 1.29 is 0 Å². The van der Waals surface area contributed by atoms with Crippen molar-refractivity contribution in [1.29, 1.82) is 0 Å². The summed E-state index contributed by atoms with van der Waals surface area (Å²) in [7, 11) is 0. The molecule has 0 aliphatic heterocycles. The molecule has 14 heavy (non-hydrogen) atoms. The molecule has 0 amide bonds. The fourth-order valence-corrected chi connectivity index (χ4v) is 2.83. The summed E-state index contributed by atoms with van der Waals surface area (Å²) in [6, 6.07) is 8.58. The van der Waals surface area contributed by atoms with E-state index in [0.717, 1.165) is 16.9 Å². The Bertz CT molecular complexity index is 337. The highest BCUT2D eigenvalue weighted by atomic mass is 79.9. The Hall–Kier alpha value is -0.340. The maximum absolute atomic E-state index is 5.90. The number of nitrogens with two attached hydrogens (primary N) is 1. The van der Waals surface area contributed by atoms with Crippen molar-refractivity contribution in [3.8, 4) is 0 Å².